The Morgan fingerprint density at radius 3 is 2.79 bits per heavy atom. The van der Waals surface area contributed by atoms with Crippen molar-refractivity contribution in [1.29, 1.82) is 0 Å². The maximum absolute atomic E-state index is 5.94. The second-order valence-electron chi connectivity index (χ2n) is 4.38. The summed E-state index contributed by atoms with van der Waals surface area (Å²) in [4.78, 5) is 4.08. The van der Waals surface area contributed by atoms with E-state index >= 15 is 0 Å². The lowest BCUT2D eigenvalue weighted by molar-refractivity contribution is 0.397. The number of aryl methyl sites for hydroxylation is 1. The number of methoxy groups -OCH3 is 1. The summed E-state index contributed by atoms with van der Waals surface area (Å²) in [5.41, 5.74) is 3.61. The molecule has 0 spiro atoms. The third kappa shape index (κ3) is 3.94. The summed E-state index contributed by atoms with van der Waals surface area (Å²) in [7, 11) is 1.62. The van der Waals surface area contributed by atoms with Gasteiger partial charge >= 0.3 is 0 Å². The lowest BCUT2D eigenvalue weighted by Gasteiger charge is -2.09. The predicted octanol–water partition coefficient (Wildman–Crippen LogP) is 3.34. The number of benzene rings is 1. The van der Waals surface area contributed by atoms with Gasteiger partial charge in [0.25, 0.3) is 0 Å². The minimum absolute atomic E-state index is 0.641. The fraction of sp³-hybridized carbons (Fsp3) is 0.267. The summed E-state index contributed by atoms with van der Waals surface area (Å²) in [5.74, 6) is 0.641. The van der Waals surface area contributed by atoms with Gasteiger partial charge in [-0.05, 0) is 41.8 Å². The van der Waals surface area contributed by atoms with Crippen LogP contribution in [-0.4, -0.2) is 12.1 Å². The van der Waals surface area contributed by atoms with Crippen LogP contribution in [0.2, 0.25) is 5.02 Å². The molecular formula is C15H17ClN2O. The van der Waals surface area contributed by atoms with Crippen molar-refractivity contribution in [2.45, 2.75) is 20.0 Å². The summed E-state index contributed by atoms with van der Waals surface area (Å²) >= 11 is 5.94. The molecule has 1 heterocycles. The standard InChI is InChI=1S/C15H17ClN2O/c1-11-7-14(16)4-3-13(11)10-17-9-12-5-6-18-15(8-12)19-2/h3-8,17H,9-10H2,1-2H3. The fourth-order valence-corrected chi connectivity index (χ4v) is 2.10. The van der Waals surface area contributed by atoms with Gasteiger partial charge in [-0.3, -0.25) is 0 Å². The Bertz CT molecular complexity index is 558. The van der Waals surface area contributed by atoms with Crippen LogP contribution in [-0.2, 0) is 13.1 Å². The minimum Gasteiger partial charge on any atom is -0.481 e. The monoisotopic (exact) mass is 276 g/mol. The molecule has 2 rings (SSSR count). The van der Waals surface area contributed by atoms with Crippen LogP contribution in [0.5, 0.6) is 5.88 Å². The van der Waals surface area contributed by atoms with Gasteiger partial charge in [-0.2, -0.15) is 0 Å². The van der Waals surface area contributed by atoms with E-state index in [1.54, 1.807) is 13.3 Å². The van der Waals surface area contributed by atoms with Crippen molar-refractivity contribution in [3.05, 3.63) is 58.2 Å². The molecule has 0 bridgehead atoms. The molecule has 0 saturated heterocycles. The van der Waals surface area contributed by atoms with Gasteiger partial charge in [0.2, 0.25) is 5.88 Å². The number of hydrogen-bond acceptors (Lipinski definition) is 3. The van der Waals surface area contributed by atoms with E-state index in [9.17, 15) is 0 Å². The van der Waals surface area contributed by atoms with Crippen LogP contribution in [0.15, 0.2) is 36.5 Å². The van der Waals surface area contributed by atoms with Gasteiger partial charge in [0.15, 0.2) is 0 Å². The first-order valence-electron chi connectivity index (χ1n) is 6.13. The minimum atomic E-state index is 0.641. The Balaban J connectivity index is 1.92. The Hall–Kier alpha value is -1.58. The quantitative estimate of drug-likeness (QED) is 0.909. The highest BCUT2D eigenvalue weighted by molar-refractivity contribution is 6.30. The summed E-state index contributed by atoms with van der Waals surface area (Å²) in [6.45, 7) is 3.66. The Kier molecular flexibility index (Phi) is 4.77. The molecule has 3 nitrogen and oxygen atoms in total. The molecule has 0 aliphatic rings. The van der Waals surface area contributed by atoms with Gasteiger partial charge in [0, 0.05) is 30.4 Å². The Morgan fingerprint density at radius 2 is 2.05 bits per heavy atom. The molecule has 0 saturated carbocycles. The summed E-state index contributed by atoms with van der Waals surface area (Å²) < 4.78 is 5.10. The molecular weight excluding hydrogens is 260 g/mol. The van der Waals surface area contributed by atoms with Crippen LogP contribution in [0.1, 0.15) is 16.7 Å². The SMILES string of the molecule is COc1cc(CNCc2ccc(Cl)cc2C)ccn1. The number of hydrogen-bond donors (Lipinski definition) is 1. The van der Waals surface area contributed by atoms with Gasteiger partial charge < -0.3 is 10.1 Å². The van der Waals surface area contributed by atoms with Crippen molar-refractivity contribution < 1.29 is 4.74 Å². The van der Waals surface area contributed by atoms with Crippen LogP contribution in [0.4, 0.5) is 0 Å². The van der Waals surface area contributed by atoms with Crippen molar-refractivity contribution >= 4 is 11.6 Å². The molecule has 0 radical (unpaired) electrons. The first kappa shape index (κ1) is 13.8. The van der Waals surface area contributed by atoms with Gasteiger partial charge in [-0.1, -0.05) is 17.7 Å². The van der Waals surface area contributed by atoms with E-state index in [1.165, 1.54) is 11.1 Å². The van der Waals surface area contributed by atoms with Crippen molar-refractivity contribution in [3.8, 4) is 5.88 Å². The number of ether oxygens (including phenoxy) is 1. The van der Waals surface area contributed by atoms with Crippen LogP contribution in [0.3, 0.4) is 0 Å². The van der Waals surface area contributed by atoms with Gasteiger partial charge in [-0.15, -0.1) is 0 Å². The average molecular weight is 277 g/mol. The molecule has 19 heavy (non-hydrogen) atoms. The van der Waals surface area contributed by atoms with Gasteiger partial charge in [-0.25, -0.2) is 4.98 Å². The van der Waals surface area contributed by atoms with E-state index in [1.807, 2.05) is 24.3 Å². The highest BCUT2D eigenvalue weighted by atomic mass is 35.5. The first-order chi connectivity index (χ1) is 9.19. The molecule has 0 atom stereocenters. The third-order valence-electron chi connectivity index (χ3n) is 2.96. The van der Waals surface area contributed by atoms with Crippen LogP contribution in [0.25, 0.3) is 0 Å². The zero-order valence-corrected chi connectivity index (χ0v) is 11.9. The second kappa shape index (κ2) is 6.55. The fourth-order valence-electron chi connectivity index (χ4n) is 1.87. The topological polar surface area (TPSA) is 34.1 Å². The van der Waals surface area contributed by atoms with E-state index in [2.05, 4.69) is 23.3 Å². The Labute approximate surface area is 118 Å². The molecule has 1 aromatic heterocycles. The van der Waals surface area contributed by atoms with E-state index in [0.717, 1.165) is 23.7 Å². The molecule has 1 N–H and O–H groups in total. The predicted molar refractivity (Wildman–Crippen MR) is 77.5 cm³/mol. The molecule has 0 unspecified atom stereocenters. The number of aromatic nitrogens is 1. The number of nitrogens with zero attached hydrogens (tertiary/aromatic N) is 1. The van der Waals surface area contributed by atoms with Crippen molar-refractivity contribution in [2.75, 3.05) is 7.11 Å². The van der Waals surface area contributed by atoms with E-state index in [4.69, 9.17) is 16.3 Å². The van der Waals surface area contributed by atoms with E-state index in [-0.39, 0.29) is 0 Å². The molecule has 0 amide bonds. The average Bonchev–Trinajstić information content (AvgIpc) is 2.41. The zero-order valence-electron chi connectivity index (χ0n) is 11.1. The number of pyridine rings is 1. The second-order valence-corrected chi connectivity index (χ2v) is 4.82. The molecule has 100 valence electrons. The molecule has 2 aromatic rings. The van der Waals surface area contributed by atoms with Crippen molar-refractivity contribution in [2.24, 2.45) is 0 Å². The summed E-state index contributed by atoms with van der Waals surface area (Å²) in [6, 6.07) is 9.86. The smallest absolute Gasteiger partial charge is 0.213 e. The summed E-state index contributed by atoms with van der Waals surface area (Å²) in [5, 5.41) is 4.18. The van der Waals surface area contributed by atoms with Crippen molar-refractivity contribution in [1.82, 2.24) is 10.3 Å². The molecule has 0 aliphatic carbocycles. The highest BCUT2D eigenvalue weighted by Gasteiger charge is 2.00. The molecule has 0 aliphatic heterocycles. The Morgan fingerprint density at radius 1 is 1.21 bits per heavy atom. The molecule has 0 fully saturated rings. The molecule has 1 aromatic carbocycles. The number of nitrogens with one attached hydrogen (secondary N) is 1. The number of halogens is 1. The van der Waals surface area contributed by atoms with E-state index < -0.39 is 0 Å². The third-order valence-corrected chi connectivity index (χ3v) is 3.19. The van der Waals surface area contributed by atoms with E-state index in [0.29, 0.717) is 5.88 Å². The largest absolute Gasteiger partial charge is 0.481 e. The van der Waals surface area contributed by atoms with Gasteiger partial charge in [0.1, 0.15) is 0 Å². The van der Waals surface area contributed by atoms with Crippen molar-refractivity contribution in [3.63, 3.8) is 0 Å². The van der Waals surface area contributed by atoms with Gasteiger partial charge in [0.05, 0.1) is 7.11 Å². The highest BCUT2D eigenvalue weighted by Crippen LogP contribution is 2.15. The van der Waals surface area contributed by atoms with Crippen LogP contribution >= 0.6 is 11.6 Å². The maximum atomic E-state index is 5.94. The summed E-state index contributed by atoms with van der Waals surface area (Å²) in [6.07, 6.45) is 1.75. The normalized spacial score (nSPS) is 10.5. The number of rotatable bonds is 5. The van der Waals surface area contributed by atoms with Crippen LogP contribution in [0, 0.1) is 6.92 Å². The first-order valence-corrected chi connectivity index (χ1v) is 6.51. The lowest BCUT2D eigenvalue weighted by Crippen LogP contribution is -2.13. The lowest BCUT2D eigenvalue weighted by atomic mass is 10.1. The van der Waals surface area contributed by atoms with Crippen LogP contribution < -0.4 is 10.1 Å². The molecule has 4 heteroatoms. The maximum Gasteiger partial charge on any atom is 0.213 e. The zero-order chi connectivity index (χ0) is 13.7.